The summed E-state index contributed by atoms with van der Waals surface area (Å²) in [5, 5.41) is 15.5. The number of fused-ring (bicyclic) bond motifs is 1. The predicted molar refractivity (Wildman–Crippen MR) is 174 cm³/mol. The zero-order valence-corrected chi connectivity index (χ0v) is 25.0. The van der Waals surface area contributed by atoms with E-state index in [2.05, 4.69) is 105 Å². The highest BCUT2D eigenvalue weighted by Gasteiger charge is 2.16. The van der Waals surface area contributed by atoms with Gasteiger partial charge in [-0.15, -0.1) is 0 Å². The molecule has 0 aliphatic carbocycles. The number of ether oxygens (including phenoxy) is 2. The molecule has 0 spiro atoms. The molecule has 6 aromatic rings. The van der Waals surface area contributed by atoms with Gasteiger partial charge in [-0.05, 0) is 91.1 Å². The van der Waals surface area contributed by atoms with E-state index in [1.807, 2.05) is 43.5 Å². The summed E-state index contributed by atoms with van der Waals surface area (Å²) in [6.07, 6.45) is 2.85. The van der Waals surface area contributed by atoms with Crippen molar-refractivity contribution in [3.63, 3.8) is 0 Å². The van der Waals surface area contributed by atoms with Gasteiger partial charge in [-0.1, -0.05) is 37.3 Å². The number of nitrogens with zero attached hydrogens (tertiary/aromatic N) is 4. The van der Waals surface area contributed by atoms with Crippen LogP contribution < -0.4 is 14.4 Å². The van der Waals surface area contributed by atoms with E-state index in [1.54, 1.807) is 0 Å². The summed E-state index contributed by atoms with van der Waals surface area (Å²) in [5.74, 6) is 1.93. The third-order valence-electron chi connectivity index (χ3n) is 8.30. The second kappa shape index (κ2) is 11.7. The number of rotatable bonds is 9. The highest BCUT2D eigenvalue weighted by Crippen LogP contribution is 2.36. The molecule has 4 heterocycles. The van der Waals surface area contributed by atoms with E-state index in [0.29, 0.717) is 5.92 Å². The highest BCUT2D eigenvalue weighted by atomic mass is 16.7. The van der Waals surface area contributed by atoms with Crippen LogP contribution >= 0.6 is 0 Å². The minimum atomic E-state index is 0.264. The van der Waals surface area contributed by atoms with E-state index in [0.717, 1.165) is 75.2 Å². The molecule has 3 aromatic heterocycles. The molecule has 0 fully saturated rings. The van der Waals surface area contributed by atoms with Crippen molar-refractivity contribution in [3.8, 4) is 56.5 Å². The van der Waals surface area contributed by atoms with Crippen molar-refractivity contribution < 1.29 is 9.47 Å². The van der Waals surface area contributed by atoms with Gasteiger partial charge < -0.3 is 14.4 Å². The summed E-state index contributed by atoms with van der Waals surface area (Å²) in [6.45, 7) is 5.49. The van der Waals surface area contributed by atoms with E-state index < -0.39 is 0 Å². The monoisotopic (exact) mass is 582 g/mol. The molecule has 8 nitrogen and oxygen atoms in total. The molecular formula is C36H34N6O2. The molecule has 8 heteroatoms. The average Bonchev–Trinajstić information content (AvgIpc) is 3.85. The van der Waals surface area contributed by atoms with Crippen LogP contribution in [0.1, 0.15) is 30.5 Å². The lowest BCUT2D eigenvalue weighted by molar-refractivity contribution is 0.174. The first kappa shape index (κ1) is 27.5. The smallest absolute Gasteiger partial charge is 0.231 e. The van der Waals surface area contributed by atoms with Gasteiger partial charge in [0.15, 0.2) is 11.5 Å². The van der Waals surface area contributed by atoms with Crippen LogP contribution in [-0.2, 0) is 0 Å². The van der Waals surface area contributed by atoms with Gasteiger partial charge in [-0.25, -0.2) is 0 Å². The Balaban J connectivity index is 0.978. The van der Waals surface area contributed by atoms with Crippen molar-refractivity contribution in [3.05, 3.63) is 108 Å². The van der Waals surface area contributed by atoms with Gasteiger partial charge in [-0.2, -0.15) is 10.2 Å². The molecule has 1 unspecified atom stereocenters. The lowest BCUT2D eigenvalue weighted by Gasteiger charge is -2.22. The van der Waals surface area contributed by atoms with Crippen LogP contribution in [0.5, 0.6) is 11.5 Å². The molecule has 44 heavy (non-hydrogen) atoms. The Hall–Kier alpha value is -5.37. The van der Waals surface area contributed by atoms with Crippen LogP contribution in [0.15, 0.2) is 97.2 Å². The second-order valence-corrected chi connectivity index (χ2v) is 11.4. The fourth-order valence-electron chi connectivity index (χ4n) is 5.59. The Morgan fingerprint density at radius 1 is 0.750 bits per heavy atom. The number of aromatic nitrogens is 5. The number of hydrogen-bond acceptors (Lipinski definition) is 6. The Labute approximate surface area is 256 Å². The average molecular weight is 583 g/mol. The van der Waals surface area contributed by atoms with Gasteiger partial charge in [-0.3, -0.25) is 15.2 Å². The van der Waals surface area contributed by atoms with Gasteiger partial charge in [0.1, 0.15) is 0 Å². The summed E-state index contributed by atoms with van der Waals surface area (Å²) >= 11 is 0. The second-order valence-electron chi connectivity index (χ2n) is 11.4. The molecular weight excluding hydrogens is 548 g/mol. The number of H-pyrrole nitrogens is 2. The molecule has 2 N–H and O–H groups in total. The fourth-order valence-corrected chi connectivity index (χ4v) is 5.59. The third kappa shape index (κ3) is 5.66. The summed E-state index contributed by atoms with van der Waals surface area (Å²) in [5.41, 5.74) is 11.5. The Morgan fingerprint density at radius 2 is 1.45 bits per heavy atom. The lowest BCUT2D eigenvalue weighted by Crippen LogP contribution is -2.19. The number of pyridine rings is 1. The van der Waals surface area contributed by atoms with Crippen LogP contribution in [0, 0.1) is 6.92 Å². The summed E-state index contributed by atoms with van der Waals surface area (Å²) in [6, 6.07) is 31.5. The SMILES string of the molecule is Cc1cc(-c2cc(-c3ccc(N(C)CCC(C)c4cccc(-c5cc(-c6ccc7c(c6)OCO7)[nH]n5)c4)cc3)[nH]n2)ccn1. The number of anilines is 1. The number of benzene rings is 3. The number of aromatic amines is 2. The molecule has 1 atom stereocenters. The molecule has 7 rings (SSSR count). The Kier molecular flexibility index (Phi) is 7.32. The van der Waals surface area contributed by atoms with Gasteiger partial charge in [0.2, 0.25) is 6.79 Å². The zero-order chi connectivity index (χ0) is 30.0. The zero-order valence-electron chi connectivity index (χ0n) is 25.0. The topological polar surface area (TPSA) is 92.0 Å². The van der Waals surface area contributed by atoms with Gasteiger partial charge >= 0.3 is 0 Å². The van der Waals surface area contributed by atoms with E-state index in [4.69, 9.17) is 9.47 Å². The molecule has 0 bridgehead atoms. The van der Waals surface area contributed by atoms with Gasteiger partial charge in [0.25, 0.3) is 0 Å². The molecule has 0 amide bonds. The molecule has 220 valence electrons. The maximum absolute atomic E-state index is 5.54. The largest absolute Gasteiger partial charge is 0.454 e. The van der Waals surface area contributed by atoms with Gasteiger partial charge in [0.05, 0.1) is 22.8 Å². The normalized spacial score (nSPS) is 12.8. The van der Waals surface area contributed by atoms with Crippen molar-refractivity contribution in [1.29, 1.82) is 0 Å². The number of nitrogens with one attached hydrogen (secondary N) is 2. The van der Waals surface area contributed by atoms with E-state index in [1.165, 1.54) is 11.3 Å². The van der Waals surface area contributed by atoms with Crippen molar-refractivity contribution in [2.45, 2.75) is 26.2 Å². The molecule has 3 aromatic carbocycles. The summed E-state index contributed by atoms with van der Waals surface area (Å²) in [7, 11) is 2.15. The summed E-state index contributed by atoms with van der Waals surface area (Å²) < 4.78 is 11.0. The summed E-state index contributed by atoms with van der Waals surface area (Å²) in [4.78, 5) is 6.59. The molecule has 1 aliphatic heterocycles. The number of aryl methyl sites for hydroxylation is 1. The Bertz CT molecular complexity index is 1910. The predicted octanol–water partition coefficient (Wildman–Crippen LogP) is 7.86. The first-order valence-corrected chi connectivity index (χ1v) is 14.9. The van der Waals surface area contributed by atoms with E-state index in [-0.39, 0.29) is 6.79 Å². The molecule has 1 aliphatic rings. The minimum absolute atomic E-state index is 0.264. The maximum Gasteiger partial charge on any atom is 0.231 e. The van der Waals surface area contributed by atoms with Crippen molar-refractivity contribution in [2.24, 2.45) is 0 Å². The van der Waals surface area contributed by atoms with Crippen molar-refractivity contribution in [1.82, 2.24) is 25.4 Å². The van der Waals surface area contributed by atoms with E-state index >= 15 is 0 Å². The van der Waals surface area contributed by atoms with Crippen LogP contribution in [0.25, 0.3) is 45.0 Å². The lowest BCUT2D eigenvalue weighted by atomic mass is 9.95. The van der Waals surface area contributed by atoms with Crippen LogP contribution in [-0.4, -0.2) is 45.8 Å². The maximum atomic E-state index is 5.54. The molecule has 0 radical (unpaired) electrons. The van der Waals surface area contributed by atoms with Crippen LogP contribution in [0.3, 0.4) is 0 Å². The van der Waals surface area contributed by atoms with Crippen molar-refractivity contribution >= 4 is 5.69 Å². The first-order chi connectivity index (χ1) is 21.5. The number of hydrogen-bond donors (Lipinski definition) is 2. The van der Waals surface area contributed by atoms with E-state index in [9.17, 15) is 0 Å². The van der Waals surface area contributed by atoms with Gasteiger partial charge in [0, 0.05) is 47.9 Å². The minimum Gasteiger partial charge on any atom is -0.454 e. The first-order valence-electron chi connectivity index (χ1n) is 14.9. The van der Waals surface area contributed by atoms with Crippen molar-refractivity contribution in [2.75, 3.05) is 25.3 Å². The van der Waals surface area contributed by atoms with Crippen LogP contribution in [0.4, 0.5) is 5.69 Å². The highest BCUT2D eigenvalue weighted by molar-refractivity contribution is 5.71. The third-order valence-corrected chi connectivity index (χ3v) is 8.30. The molecule has 0 saturated heterocycles. The fraction of sp³-hybridized carbons (Fsp3) is 0.194. The van der Waals surface area contributed by atoms with Crippen LogP contribution in [0.2, 0.25) is 0 Å². The molecule has 0 saturated carbocycles. The Morgan fingerprint density at radius 3 is 2.23 bits per heavy atom. The standard InChI is InChI=1S/C36H34N6O2/c1-23(26-5-4-6-27(18-26)32-21-33(40-39-32)28-9-12-35-36(19-28)44-22-43-35)14-16-42(3)30-10-7-25(8-11-30)31-20-34(41-38-31)29-13-15-37-24(2)17-29/h4-13,15,17-21,23H,14,16,22H2,1-3H3,(H,38,41)(H,39,40). The quantitative estimate of drug-likeness (QED) is 0.180.